The Kier molecular flexibility index (Phi) is 2.32. The first kappa shape index (κ1) is 9.72. The number of piperidine rings is 1. The molecule has 1 aromatic carbocycles. The summed E-state index contributed by atoms with van der Waals surface area (Å²) in [6.45, 7) is 0. The van der Waals surface area contributed by atoms with Gasteiger partial charge in [-0.05, 0) is 56.4 Å². The SMILES string of the molecule is N#Cc1ccc(N2C3CCCC2CC3)cc1. The van der Waals surface area contributed by atoms with Crippen molar-refractivity contribution in [1.82, 2.24) is 0 Å². The van der Waals surface area contributed by atoms with Gasteiger partial charge in [-0.3, -0.25) is 0 Å². The quantitative estimate of drug-likeness (QED) is 0.715. The summed E-state index contributed by atoms with van der Waals surface area (Å²) in [4.78, 5) is 2.59. The second kappa shape index (κ2) is 3.83. The summed E-state index contributed by atoms with van der Waals surface area (Å²) < 4.78 is 0. The van der Waals surface area contributed by atoms with Gasteiger partial charge in [-0.25, -0.2) is 0 Å². The van der Waals surface area contributed by atoms with Crippen LogP contribution in [0.15, 0.2) is 24.3 Å². The first-order chi connectivity index (χ1) is 7.88. The molecule has 0 amide bonds. The number of fused-ring (bicyclic) bond motifs is 2. The maximum atomic E-state index is 8.79. The van der Waals surface area contributed by atoms with Crippen LogP contribution in [0.5, 0.6) is 0 Å². The minimum Gasteiger partial charge on any atom is -0.366 e. The normalized spacial score (nSPS) is 27.8. The van der Waals surface area contributed by atoms with E-state index in [4.69, 9.17) is 5.26 Å². The van der Waals surface area contributed by atoms with Crippen LogP contribution in [-0.4, -0.2) is 12.1 Å². The van der Waals surface area contributed by atoms with Crippen molar-refractivity contribution in [2.45, 2.75) is 44.2 Å². The Morgan fingerprint density at radius 2 is 1.62 bits per heavy atom. The average Bonchev–Trinajstić information content (AvgIpc) is 2.59. The van der Waals surface area contributed by atoms with Gasteiger partial charge in [0, 0.05) is 17.8 Å². The van der Waals surface area contributed by atoms with Gasteiger partial charge in [0.2, 0.25) is 0 Å². The molecule has 2 aliphatic heterocycles. The fraction of sp³-hybridized carbons (Fsp3) is 0.500. The molecule has 2 fully saturated rings. The number of hydrogen-bond acceptors (Lipinski definition) is 2. The van der Waals surface area contributed by atoms with Gasteiger partial charge in [0.25, 0.3) is 0 Å². The monoisotopic (exact) mass is 212 g/mol. The van der Waals surface area contributed by atoms with Crippen LogP contribution in [0.4, 0.5) is 5.69 Å². The zero-order valence-corrected chi connectivity index (χ0v) is 9.39. The minimum atomic E-state index is 0.756. The summed E-state index contributed by atoms with van der Waals surface area (Å²) in [7, 11) is 0. The highest BCUT2D eigenvalue weighted by Crippen LogP contribution is 2.38. The molecule has 2 nitrogen and oxygen atoms in total. The summed E-state index contributed by atoms with van der Waals surface area (Å²) in [5, 5.41) is 8.79. The highest BCUT2D eigenvalue weighted by atomic mass is 15.2. The van der Waals surface area contributed by atoms with Crippen molar-refractivity contribution in [3.05, 3.63) is 29.8 Å². The van der Waals surface area contributed by atoms with Gasteiger partial charge in [0.15, 0.2) is 0 Å². The van der Waals surface area contributed by atoms with E-state index in [0.29, 0.717) is 0 Å². The second-order valence-corrected chi connectivity index (χ2v) is 4.88. The van der Waals surface area contributed by atoms with Gasteiger partial charge in [0.05, 0.1) is 11.6 Å². The van der Waals surface area contributed by atoms with Crippen LogP contribution in [0.2, 0.25) is 0 Å². The molecule has 2 unspecified atom stereocenters. The Balaban J connectivity index is 1.89. The number of rotatable bonds is 1. The second-order valence-electron chi connectivity index (χ2n) is 4.88. The van der Waals surface area contributed by atoms with Gasteiger partial charge < -0.3 is 4.90 Å². The maximum Gasteiger partial charge on any atom is 0.0991 e. The molecule has 2 heterocycles. The van der Waals surface area contributed by atoms with Crippen molar-refractivity contribution in [2.75, 3.05) is 4.90 Å². The van der Waals surface area contributed by atoms with Gasteiger partial charge in [-0.1, -0.05) is 0 Å². The third kappa shape index (κ3) is 1.48. The van der Waals surface area contributed by atoms with E-state index in [2.05, 4.69) is 23.1 Å². The summed E-state index contributed by atoms with van der Waals surface area (Å²) in [5.41, 5.74) is 2.07. The van der Waals surface area contributed by atoms with E-state index < -0.39 is 0 Å². The topological polar surface area (TPSA) is 27.0 Å². The summed E-state index contributed by atoms with van der Waals surface area (Å²) in [6, 6.07) is 11.8. The molecule has 1 aromatic rings. The Morgan fingerprint density at radius 3 is 2.19 bits per heavy atom. The minimum absolute atomic E-state index is 0.756. The lowest BCUT2D eigenvalue weighted by atomic mass is 10.0. The summed E-state index contributed by atoms with van der Waals surface area (Å²) in [6.07, 6.45) is 6.78. The molecule has 0 aliphatic carbocycles. The molecule has 3 rings (SSSR count). The third-order valence-corrected chi connectivity index (χ3v) is 3.99. The van der Waals surface area contributed by atoms with Crippen molar-refractivity contribution < 1.29 is 0 Å². The third-order valence-electron chi connectivity index (χ3n) is 3.99. The molecular formula is C14H16N2. The van der Waals surface area contributed by atoms with Crippen LogP contribution in [0.1, 0.15) is 37.7 Å². The number of nitriles is 1. The molecule has 2 aliphatic rings. The van der Waals surface area contributed by atoms with Crippen LogP contribution >= 0.6 is 0 Å². The number of nitrogens with zero attached hydrogens (tertiary/aromatic N) is 2. The van der Waals surface area contributed by atoms with E-state index in [1.807, 2.05) is 12.1 Å². The molecule has 0 saturated carbocycles. The molecule has 0 aromatic heterocycles. The van der Waals surface area contributed by atoms with Crippen molar-refractivity contribution in [1.29, 1.82) is 5.26 Å². The predicted octanol–water partition coefficient (Wildman–Crippen LogP) is 3.08. The fourth-order valence-electron chi connectivity index (χ4n) is 3.25. The fourth-order valence-corrected chi connectivity index (χ4v) is 3.25. The molecule has 2 heteroatoms. The van der Waals surface area contributed by atoms with Crippen LogP contribution in [0.25, 0.3) is 0 Å². The van der Waals surface area contributed by atoms with E-state index in [0.717, 1.165) is 17.6 Å². The molecule has 82 valence electrons. The Morgan fingerprint density at radius 1 is 1.00 bits per heavy atom. The van der Waals surface area contributed by atoms with Gasteiger partial charge in [0.1, 0.15) is 0 Å². The lowest BCUT2D eigenvalue weighted by Gasteiger charge is -2.36. The highest BCUT2D eigenvalue weighted by Gasteiger charge is 2.36. The largest absolute Gasteiger partial charge is 0.366 e. The Labute approximate surface area is 96.5 Å². The Hall–Kier alpha value is -1.49. The van der Waals surface area contributed by atoms with Crippen molar-refractivity contribution in [3.8, 4) is 6.07 Å². The molecule has 2 atom stereocenters. The van der Waals surface area contributed by atoms with Crippen LogP contribution in [0, 0.1) is 11.3 Å². The maximum absolute atomic E-state index is 8.79. The number of hydrogen-bond donors (Lipinski definition) is 0. The van der Waals surface area contributed by atoms with Gasteiger partial charge in [-0.15, -0.1) is 0 Å². The molecule has 0 N–H and O–H groups in total. The van der Waals surface area contributed by atoms with Crippen molar-refractivity contribution in [3.63, 3.8) is 0 Å². The van der Waals surface area contributed by atoms with E-state index >= 15 is 0 Å². The van der Waals surface area contributed by atoms with Crippen LogP contribution in [-0.2, 0) is 0 Å². The molecular weight excluding hydrogens is 196 g/mol. The van der Waals surface area contributed by atoms with E-state index in [-0.39, 0.29) is 0 Å². The lowest BCUT2D eigenvalue weighted by Crippen LogP contribution is -2.39. The molecule has 2 saturated heterocycles. The van der Waals surface area contributed by atoms with Crippen LogP contribution < -0.4 is 4.90 Å². The zero-order valence-electron chi connectivity index (χ0n) is 9.39. The predicted molar refractivity (Wildman–Crippen MR) is 64.3 cm³/mol. The smallest absolute Gasteiger partial charge is 0.0991 e. The first-order valence-electron chi connectivity index (χ1n) is 6.17. The van der Waals surface area contributed by atoms with Crippen molar-refractivity contribution >= 4 is 5.69 Å². The zero-order chi connectivity index (χ0) is 11.0. The Bertz CT molecular complexity index is 399. The van der Waals surface area contributed by atoms with E-state index in [9.17, 15) is 0 Å². The first-order valence-corrected chi connectivity index (χ1v) is 6.17. The van der Waals surface area contributed by atoms with Crippen molar-refractivity contribution in [2.24, 2.45) is 0 Å². The number of benzene rings is 1. The summed E-state index contributed by atoms with van der Waals surface area (Å²) in [5.74, 6) is 0. The van der Waals surface area contributed by atoms with Crippen LogP contribution in [0.3, 0.4) is 0 Å². The van der Waals surface area contributed by atoms with E-state index in [1.54, 1.807) is 0 Å². The number of anilines is 1. The molecule has 0 radical (unpaired) electrons. The van der Waals surface area contributed by atoms with Gasteiger partial charge >= 0.3 is 0 Å². The molecule has 16 heavy (non-hydrogen) atoms. The molecule has 0 spiro atoms. The highest BCUT2D eigenvalue weighted by molar-refractivity contribution is 5.52. The van der Waals surface area contributed by atoms with Gasteiger partial charge in [-0.2, -0.15) is 5.26 Å². The average molecular weight is 212 g/mol. The standard InChI is InChI=1S/C14H16N2/c15-10-11-4-6-14(7-5-11)16-12-2-1-3-13(16)9-8-12/h4-7,12-13H,1-3,8-9H2. The molecule has 2 bridgehead atoms. The lowest BCUT2D eigenvalue weighted by molar-refractivity contribution is 0.468. The van der Waals surface area contributed by atoms with E-state index in [1.165, 1.54) is 37.8 Å². The summed E-state index contributed by atoms with van der Waals surface area (Å²) >= 11 is 0.